The number of likely N-dealkylation sites (N-methyl/N-ethyl adjacent to an activating group) is 1. The largest absolute Gasteiger partial charge is 0.504 e. The highest BCUT2D eigenvalue weighted by Gasteiger charge is 2.22. The minimum atomic E-state index is 0.0463. The number of hydrogen-bond acceptors (Lipinski definition) is 6. The molecule has 3 aromatic rings. The van der Waals surface area contributed by atoms with E-state index in [-0.39, 0.29) is 11.7 Å². The van der Waals surface area contributed by atoms with E-state index >= 15 is 0 Å². The maximum absolute atomic E-state index is 12.1. The maximum Gasteiger partial charge on any atom is 0.236 e. The van der Waals surface area contributed by atoms with Crippen molar-refractivity contribution >= 4 is 27.5 Å². The molecule has 27 heavy (non-hydrogen) atoms. The van der Waals surface area contributed by atoms with Crippen molar-refractivity contribution in [3.63, 3.8) is 0 Å². The first-order chi connectivity index (χ1) is 13.0. The Labute approximate surface area is 161 Å². The van der Waals surface area contributed by atoms with E-state index in [0.29, 0.717) is 32.0 Å². The van der Waals surface area contributed by atoms with Crippen LogP contribution in [0, 0.1) is 0 Å². The summed E-state index contributed by atoms with van der Waals surface area (Å²) in [6.07, 6.45) is 0. The molecule has 0 bridgehead atoms. The van der Waals surface area contributed by atoms with Gasteiger partial charge in [0.2, 0.25) is 5.91 Å². The van der Waals surface area contributed by atoms with Gasteiger partial charge < -0.3 is 14.7 Å². The van der Waals surface area contributed by atoms with Gasteiger partial charge in [0.15, 0.2) is 11.5 Å². The van der Waals surface area contributed by atoms with Gasteiger partial charge >= 0.3 is 0 Å². The number of phenolic OH excluding ortho intramolecular Hbond substituents is 1. The number of carbonyl (C=O) groups excluding carboxylic acids is 1. The van der Waals surface area contributed by atoms with Gasteiger partial charge in [0.1, 0.15) is 11.6 Å². The number of amides is 1. The number of ether oxygens (including phenoxy) is 1. The van der Waals surface area contributed by atoms with E-state index in [9.17, 15) is 9.90 Å². The van der Waals surface area contributed by atoms with Crippen molar-refractivity contribution in [3.05, 3.63) is 42.0 Å². The van der Waals surface area contributed by atoms with Gasteiger partial charge in [-0.2, -0.15) is 0 Å². The zero-order valence-electron chi connectivity index (χ0n) is 15.3. The van der Waals surface area contributed by atoms with Gasteiger partial charge in [-0.25, -0.2) is 4.98 Å². The molecule has 2 aromatic carbocycles. The number of para-hydroxylation sites is 1. The number of aromatic nitrogens is 1. The van der Waals surface area contributed by atoms with Gasteiger partial charge in [-0.05, 0) is 24.3 Å². The average Bonchev–Trinajstić information content (AvgIpc) is 2.96. The molecule has 0 fully saturated rings. The highest BCUT2D eigenvalue weighted by Crippen LogP contribution is 2.39. The van der Waals surface area contributed by atoms with Gasteiger partial charge in [0.05, 0.1) is 16.8 Å². The van der Waals surface area contributed by atoms with Crippen molar-refractivity contribution in [2.24, 2.45) is 0 Å². The average molecular weight is 383 g/mol. The number of fused-ring (bicyclic) bond motifs is 2. The number of aromatic hydroxyl groups is 1. The van der Waals surface area contributed by atoms with Crippen LogP contribution in [0.15, 0.2) is 36.4 Å². The quantitative estimate of drug-likeness (QED) is 0.753. The molecule has 4 rings (SSSR count). The van der Waals surface area contributed by atoms with Gasteiger partial charge in [0, 0.05) is 38.3 Å². The maximum atomic E-state index is 12.1. The molecule has 1 aliphatic rings. The van der Waals surface area contributed by atoms with Gasteiger partial charge in [-0.15, -0.1) is 11.3 Å². The molecule has 6 nitrogen and oxygen atoms in total. The second-order valence-corrected chi connectivity index (χ2v) is 7.85. The van der Waals surface area contributed by atoms with Gasteiger partial charge in [-0.3, -0.25) is 9.69 Å². The third-order valence-corrected chi connectivity index (χ3v) is 5.68. The van der Waals surface area contributed by atoms with Crippen LogP contribution in [0.4, 0.5) is 0 Å². The predicted molar refractivity (Wildman–Crippen MR) is 106 cm³/mol. The molecule has 0 spiro atoms. The lowest BCUT2D eigenvalue weighted by Gasteiger charge is -2.21. The first-order valence-corrected chi connectivity index (χ1v) is 9.60. The second kappa shape index (κ2) is 7.17. The first kappa shape index (κ1) is 17.8. The standard InChI is InChI=1S/C20H21N3O3S/c1-22(2)18(25)12-23-7-8-26-19-14(11-23)9-13(10-16(19)24)20-21-15-5-3-4-6-17(15)27-20/h3-6,9-10,24H,7-8,11-12H2,1-2H3. The van der Waals surface area contributed by atoms with Crippen LogP contribution in [0.1, 0.15) is 5.56 Å². The Bertz CT molecular complexity index is 966. The molecular weight excluding hydrogens is 362 g/mol. The summed E-state index contributed by atoms with van der Waals surface area (Å²) >= 11 is 1.59. The molecule has 1 aliphatic heterocycles. The summed E-state index contributed by atoms with van der Waals surface area (Å²) in [5.74, 6) is 0.659. The monoisotopic (exact) mass is 383 g/mol. The molecule has 0 atom stereocenters. The van der Waals surface area contributed by atoms with Crippen LogP contribution in [0.2, 0.25) is 0 Å². The van der Waals surface area contributed by atoms with Crippen LogP contribution in [-0.2, 0) is 11.3 Å². The highest BCUT2D eigenvalue weighted by molar-refractivity contribution is 7.21. The van der Waals surface area contributed by atoms with Crippen LogP contribution in [0.3, 0.4) is 0 Å². The summed E-state index contributed by atoms with van der Waals surface area (Å²) in [4.78, 5) is 20.4. The van der Waals surface area contributed by atoms with Crippen molar-refractivity contribution < 1.29 is 14.6 Å². The minimum Gasteiger partial charge on any atom is -0.504 e. The molecule has 1 amide bonds. The van der Waals surface area contributed by atoms with Crippen LogP contribution in [0.5, 0.6) is 11.5 Å². The summed E-state index contributed by atoms with van der Waals surface area (Å²) in [7, 11) is 3.50. The fourth-order valence-electron chi connectivity index (χ4n) is 3.14. The number of rotatable bonds is 3. The van der Waals surface area contributed by atoms with E-state index in [1.165, 1.54) is 0 Å². The molecular formula is C20H21N3O3S. The smallest absolute Gasteiger partial charge is 0.236 e. The lowest BCUT2D eigenvalue weighted by molar-refractivity contribution is -0.130. The lowest BCUT2D eigenvalue weighted by Crippen LogP contribution is -2.37. The molecule has 0 aliphatic carbocycles. The number of thiazole rings is 1. The Balaban J connectivity index is 1.68. The summed E-state index contributed by atoms with van der Waals surface area (Å²) in [6, 6.07) is 11.7. The molecule has 1 N–H and O–H groups in total. The zero-order valence-corrected chi connectivity index (χ0v) is 16.1. The zero-order chi connectivity index (χ0) is 19.0. The predicted octanol–water partition coefficient (Wildman–Crippen LogP) is 2.95. The second-order valence-electron chi connectivity index (χ2n) is 6.82. The van der Waals surface area contributed by atoms with E-state index in [1.807, 2.05) is 35.2 Å². The third-order valence-electron chi connectivity index (χ3n) is 4.59. The van der Waals surface area contributed by atoms with Crippen LogP contribution in [-0.4, -0.2) is 59.6 Å². The summed E-state index contributed by atoms with van der Waals surface area (Å²) in [5.41, 5.74) is 2.67. The molecule has 0 saturated carbocycles. The topological polar surface area (TPSA) is 65.9 Å². The minimum absolute atomic E-state index is 0.0463. The van der Waals surface area contributed by atoms with E-state index in [1.54, 1.807) is 36.4 Å². The SMILES string of the molecule is CN(C)C(=O)CN1CCOc2c(O)cc(-c3nc4ccccc4s3)cc2C1. The van der Waals surface area contributed by atoms with Crippen LogP contribution >= 0.6 is 11.3 Å². The Morgan fingerprint density at radius 3 is 2.93 bits per heavy atom. The van der Waals surface area contributed by atoms with E-state index in [2.05, 4.69) is 4.98 Å². The molecule has 2 heterocycles. The van der Waals surface area contributed by atoms with Crippen LogP contribution < -0.4 is 4.74 Å². The Morgan fingerprint density at radius 2 is 2.15 bits per heavy atom. The number of nitrogens with zero attached hydrogens (tertiary/aromatic N) is 3. The molecule has 1 aromatic heterocycles. The van der Waals surface area contributed by atoms with E-state index < -0.39 is 0 Å². The number of phenols is 1. The van der Waals surface area contributed by atoms with E-state index in [0.717, 1.165) is 26.4 Å². The number of benzene rings is 2. The molecule has 0 saturated heterocycles. The van der Waals surface area contributed by atoms with Crippen LogP contribution in [0.25, 0.3) is 20.8 Å². The fraction of sp³-hybridized carbons (Fsp3) is 0.300. The lowest BCUT2D eigenvalue weighted by atomic mass is 10.1. The highest BCUT2D eigenvalue weighted by atomic mass is 32.1. The first-order valence-electron chi connectivity index (χ1n) is 8.78. The molecule has 7 heteroatoms. The summed E-state index contributed by atoms with van der Waals surface area (Å²) < 4.78 is 6.88. The van der Waals surface area contributed by atoms with Crippen molar-refractivity contribution in [2.75, 3.05) is 33.8 Å². The normalized spacial score (nSPS) is 14.4. The summed E-state index contributed by atoms with van der Waals surface area (Å²) in [5, 5.41) is 11.4. The molecule has 140 valence electrons. The Morgan fingerprint density at radius 1 is 1.33 bits per heavy atom. The molecule has 0 unspecified atom stereocenters. The number of hydrogen-bond donors (Lipinski definition) is 1. The third kappa shape index (κ3) is 3.61. The molecule has 0 radical (unpaired) electrons. The van der Waals surface area contributed by atoms with E-state index in [4.69, 9.17) is 4.74 Å². The van der Waals surface area contributed by atoms with Crippen molar-refractivity contribution in [3.8, 4) is 22.1 Å². The summed E-state index contributed by atoms with van der Waals surface area (Å²) in [6.45, 7) is 1.93. The number of carbonyl (C=O) groups is 1. The Kier molecular flexibility index (Phi) is 4.72. The van der Waals surface area contributed by atoms with Crippen molar-refractivity contribution in [1.82, 2.24) is 14.8 Å². The van der Waals surface area contributed by atoms with Gasteiger partial charge in [-0.1, -0.05) is 12.1 Å². The fourth-order valence-corrected chi connectivity index (χ4v) is 4.09. The van der Waals surface area contributed by atoms with Crippen molar-refractivity contribution in [2.45, 2.75) is 6.54 Å². The van der Waals surface area contributed by atoms with Crippen molar-refractivity contribution in [1.29, 1.82) is 0 Å². The Hall–Kier alpha value is -2.64. The van der Waals surface area contributed by atoms with Gasteiger partial charge in [0.25, 0.3) is 0 Å².